The Hall–Kier alpha value is -0.790. The molecule has 1 fully saturated rings. The minimum Gasteiger partial charge on any atom is -0.459 e. The molecule has 0 aromatic heterocycles. The second-order valence-electron chi connectivity index (χ2n) is 5.18. The molecule has 0 aromatic rings. The summed E-state index contributed by atoms with van der Waals surface area (Å²) in [6.07, 6.45) is 8.90. The van der Waals surface area contributed by atoms with Gasteiger partial charge >= 0.3 is 5.97 Å². The third kappa shape index (κ3) is 4.82. The van der Waals surface area contributed by atoms with Crippen LogP contribution in [0.2, 0.25) is 0 Å². The zero-order valence-electron chi connectivity index (χ0n) is 10.8. The van der Waals surface area contributed by atoms with E-state index in [1.165, 1.54) is 19.3 Å². The quantitative estimate of drug-likeness (QED) is 0.535. The second-order valence-corrected chi connectivity index (χ2v) is 5.18. The van der Waals surface area contributed by atoms with Gasteiger partial charge < -0.3 is 4.74 Å². The van der Waals surface area contributed by atoms with E-state index in [1.54, 1.807) is 0 Å². The fourth-order valence-electron chi connectivity index (χ4n) is 1.92. The van der Waals surface area contributed by atoms with Crippen LogP contribution in [0.3, 0.4) is 0 Å². The summed E-state index contributed by atoms with van der Waals surface area (Å²) in [6, 6.07) is 0. The molecule has 2 nitrogen and oxygen atoms in total. The largest absolute Gasteiger partial charge is 0.459 e. The van der Waals surface area contributed by atoms with Crippen LogP contribution in [0.25, 0.3) is 0 Å². The van der Waals surface area contributed by atoms with E-state index < -0.39 is 0 Å². The molecule has 0 radical (unpaired) electrons. The zero-order chi connectivity index (χ0) is 12.0. The van der Waals surface area contributed by atoms with E-state index in [4.69, 9.17) is 4.74 Å². The van der Waals surface area contributed by atoms with Gasteiger partial charge in [0.15, 0.2) is 0 Å². The Morgan fingerprint density at radius 1 is 1.31 bits per heavy atom. The maximum absolute atomic E-state index is 11.7. The van der Waals surface area contributed by atoms with Gasteiger partial charge in [-0.1, -0.05) is 26.3 Å². The van der Waals surface area contributed by atoms with Gasteiger partial charge in [-0.25, -0.2) is 4.79 Å². The predicted octanol–water partition coefficient (Wildman–Crippen LogP) is 3.85. The van der Waals surface area contributed by atoms with E-state index in [2.05, 4.69) is 13.8 Å². The number of carbonyl (C=O) groups excluding carboxylic acids is 1. The molecule has 0 bridgehead atoms. The Bertz CT molecular complexity index is 247. The first-order valence-electron chi connectivity index (χ1n) is 6.47. The van der Waals surface area contributed by atoms with Crippen molar-refractivity contribution in [2.75, 3.05) is 0 Å². The average molecular weight is 224 g/mol. The third-order valence-corrected chi connectivity index (χ3v) is 3.04. The highest BCUT2D eigenvalue weighted by Gasteiger charge is 2.18. The Morgan fingerprint density at radius 3 is 2.50 bits per heavy atom. The summed E-state index contributed by atoms with van der Waals surface area (Å²) in [5.74, 6) is 0.477. The van der Waals surface area contributed by atoms with Crippen molar-refractivity contribution in [2.24, 2.45) is 5.92 Å². The molecular formula is C14H24O2. The van der Waals surface area contributed by atoms with Crippen LogP contribution < -0.4 is 0 Å². The third-order valence-electron chi connectivity index (χ3n) is 3.04. The van der Waals surface area contributed by atoms with E-state index in [-0.39, 0.29) is 12.1 Å². The second kappa shape index (κ2) is 6.72. The van der Waals surface area contributed by atoms with Crippen LogP contribution in [0.15, 0.2) is 11.6 Å². The van der Waals surface area contributed by atoms with Crippen LogP contribution in [0, 0.1) is 5.92 Å². The molecule has 0 N–H and O–H groups in total. The standard InChI is InChI=1S/C14H24O2/c1-11(2)9-10-12(3)14(15)16-13-7-5-4-6-8-13/h10-11,13H,4-9H2,1-3H3. The van der Waals surface area contributed by atoms with Gasteiger partial charge in [-0.2, -0.15) is 0 Å². The molecule has 1 aliphatic rings. The zero-order valence-corrected chi connectivity index (χ0v) is 10.8. The number of hydrogen-bond acceptors (Lipinski definition) is 2. The molecule has 0 amide bonds. The highest BCUT2D eigenvalue weighted by Crippen LogP contribution is 2.21. The molecule has 16 heavy (non-hydrogen) atoms. The minimum absolute atomic E-state index is 0.118. The van der Waals surface area contributed by atoms with Crippen molar-refractivity contribution in [2.45, 2.75) is 65.4 Å². The summed E-state index contributed by atoms with van der Waals surface area (Å²) in [6.45, 7) is 6.15. The fraction of sp³-hybridized carbons (Fsp3) is 0.786. The molecule has 2 heteroatoms. The van der Waals surface area contributed by atoms with Crippen LogP contribution in [0.4, 0.5) is 0 Å². The highest BCUT2D eigenvalue weighted by molar-refractivity contribution is 5.87. The molecule has 92 valence electrons. The van der Waals surface area contributed by atoms with Crippen molar-refractivity contribution in [1.29, 1.82) is 0 Å². The van der Waals surface area contributed by atoms with Gasteiger partial charge in [-0.15, -0.1) is 0 Å². The van der Waals surface area contributed by atoms with Gasteiger partial charge in [-0.3, -0.25) is 0 Å². The number of allylic oxidation sites excluding steroid dienone is 1. The minimum atomic E-state index is -0.118. The molecule has 1 saturated carbocycles. The lowest BCUT2D eigenvalue weighted by atomic mass is 9.98. The summed E-state index contributed by atoms with van der Waals surface area (Å²) in [5, 5.41) is 0. The van der Waals surface area contributed by atoms with E-state index in [0.717, 1.165) is 24.8 Å². The lowest BCUT2D eigenvalue weighted by molar-refractivity contribution is -0.145. The highest BCUT2D eigenvalue weighted by atomic mass is 16.5. The number of esters is 1. The fourth-order valence-corrected chi connectivity index (χ4v) is 1.92. The first-order chi connectivity index (χ1) is 7.59. The van der Waals surface area contributed by atoms with Crippen LogP contribution in [0.1, 0.15) is 59.3 Å². The van der Waals surface area contributed by atoms with Crippen molar-refractivity contribution in [3.05, 3.63) is 11.6 Å². The van der Waals surface area contributed by atoms with E-state index in [1.807, 2.05) is 13.0 Å². The molecular weight excluding hydrogens is 200 g/mol. The monoisotopic (exact) mass is 224 g/mol. The van der Waals surface area contributed by atoms with E-state index in [9.17, 15) is 4.79 Å². The van der Waals surface area contributed by atoms with Crippen molar-refractivity contribution < 1.29 is 9.53 Å². The summed E-state index contributed by atoms with van der Waals surface area (Å²) in [4.78, 5) is 11.7. The summed E-state index contributed by atoms with van der Waals surface area (Å²) in [5.41, 5.74) is 0.763. The van der Waals surface area contributed by atoms with Gasteiger partial charge in [0.2, 0.25) is 0 Å². The first kappa shape index (κ1) is 13.3. The Morgan fingerprint density at radius 2 is 1.94 bits per heavy atom. The molecule has 0 spiro atoms. The Balaban J connectivity index is 2.35. The van der Waals surface area contributed by atoms with Crippen LogP contribution >= 0.6 is 0 Å². The van der Waals surface area contributed by atoms with Crippen molar-refractivity contribution in [3.63, 3.8) is 0 Å². The molecule has 1 aliphatic carbocycles. The molecule has 1 rings (SSSR count). The van der Waals surface area contributed by atoms with Gasteiger partial charge in [-0.05, 0) is 44.9 Å². The Kier molecular flexibility index (Phi) is 5.58. The predicted molar refractivity (Wildman–Crippen MR) is 66.2 cm³/mol. The Labute approximate surface area is 99.1 Å². The summed E-state index contributed by atoms with van der Waals surface area (Å²) < 4.78 is 5.48. The number of ether oxygens (including phenoxy) is 1. The van der Waals surface area contributed by atoms with Crippen LogP contribution in [-0.4, -0.2) is 12.1 Å². The number of hydrogen-bond donors (Lipinski definition) is 0. The van der Waals surface area contributed by atoms with E-state index in [0.29, 0.717) is 5.92 Å². The van der Waals surface area contributed by atoms with Crippen molar-refractivity contribution >= 4 is 5.97 Å². The normalized spacial score (nSPS) is 18.9. The maximum atomic E-state index is 11.7. The molecule has 0 atom stereocenters. The van der Waals surface area contributed by atoms with Gasteiger partial charge in [0.1, 0.15) is 6.10 Å². The van der Waals surface area contributed by atoms with Gasteiger partial charge in [0.05, 0.1) is 0 Å². The maximum Gasteiger partial charge on any atom is 0.333 e. The molecule has 0 heterocycles. The molecule has 0 unspecified atom stereocenters. The number of carbonyl (C=O) groups is 1. The smallest absolute Gasteiger partial charge is 0.333 e. The van der Waals surface area contributed by atoms with Crippen LogP contribution in [0.5, 0.6) is 0 Å². The van der Waals surface area contributed by atoms with E-state index >= 15 is 0 Å². The average Bonchev–Trinajstić information content (AvgIpc) is 2.27. The summed E-state index contributed by atoms with van der Waals surface area (Å²) in [7, 11) is 0. The summed E-state index contributed by atoms with van der Waals surface area (Å²) >= 11 is 0. The molecule has 0 saturated heterocycles. The molecule has 0 aliphatic heterocycles. The lowest BCUT2D eigenvalue weighted by Gasteiger charge is -2.21. The van der Waals surface area contributed by atoms with Crippen molar-refractivity contribution in [3.8, 4) is 0 Å². The molecule has 0 aromatic carbocycles. The SMILES string of the molecule is CC(=CCC(C)C)C(=O)OC1CCCCC1. The topological polar surface area (TPSA) is 26.3 Å². The van der Waals surface area contributed by atoms with Crippen molar-refractivity contribution in [1.82, 2.24) is 0 Å². The number of rotatable bonds is 4. The first-order valence-corrected chi connectivity index (χ1v) is 6.47. The lowest BCUT2D eigenvalue weighted by Crippen LogP contribution is -2.21. The van der Waals surface area contributed by atoms with Gasteiger partial charge in [0, 0.05) is 5.57 Å². The van der Waals surface area contributed by atoms with Gasteiger partial charge in [0.25, 0.3) is 0 Å². The van der Waals surface area contributed by atoms with Crippen LogP contribution in [-0.2, 0) is 9.53 Å².